The molecule has 24 heavy (non-hydrogen) atoms. The Morgan fingerprint density at radius 2 is 1.62 bits per heavy atom. The summed E-state index contributed by atoms with van der Waals surface area (Å²) in [4.78, 5) is 28.2. The second kappa shape index (κ2) is 6.35. The number of amides is 2. The average molecular weight is 323 g/mol. The standard InChI is InChI=1S/C19H21N3O2/c1-13-4-8-16(9-5-13)22-18(23)12-17(19(22)24)20-14-6-10-15(11-7-14)21(2)3/h4-11,17,20H,12H2,1-3H3. The van der Waals surface area contributed by atoms with Gasteiger partial charge in [0.15, 0.2) is 0 Å². The molecule has 1 N–H and O–H groups in total. The van der Waals surface area contributed by atoms with E-state index in [0.29, 0.717) is 5.69 Å². The summed E-state index contributed by atoms with van der Waals surface area (Å²) >= 11 is 0. The zero-order chi connectivity index (χ0) is 17.3. The Bertz CT molecular complexity index is 751. The van der Waals surface area contributed by atoms with Gasteiger partial charge < -0.3 is 10.2 Å². The van der Waals surface area contributed by atoms with Crippen LogP contribution in [-0.4, -0.2) is 32.0 Å². The Hall–Kier alpha value is -2.82. The predicted molar refractivity (Wildman–Crippen MR) is 96.5 cm³/mol. The van der Waals surface area contributed by atoms with E-state index in [4.69, 9.17) is 0 Å². The SMILES string of the molecule is Cc1ccc(N2C(=O)CC(Nc3ccc(N(C)C)cc3)C2=O)cc1. The fourth-order valence-electron chi connectivity index (χ4n) is 2.77. The van der Waals surface area contributed by atoms with E-state index in [-0.39, 0.29) is 18.2 Å². The molecule has 0 radical (unpaired) electrons. The summed E-state index contributed by atoms with van der Waals surface area (Å²) in [5, 5.41) is 3.17. The number of benzene rings is 2. The Balaban J connectivity index is 1.75. The van der Waals surface area contributed by atoms with Crippen LogP contribution in [0.2, 0.25) is 0 Å². The second-order valence-corrected chi connectivity index (χ2v) is 6.25. The highest BCUT2D eigenvalue weighted by Crippen LogP contribution is 2.25. The largest absolute Gasteiger partial charge is 0.378 e. The number of nitrogens with zero attached hydrogens (tertiary/aromatic N) is 2. The lowest BCUT2D eigenvalue weighted by Gasteiger charge is -2.17. The van der Waals surface area contributed by atoms with Crippen molar-refractivity contribution in [3.05, 3.63) is 54.1 Å². The number of hydrogen-bond donors (Lipinski definition) is 1. The molecule has 0 spiro atoms. The van der Waals surface area contributed by atoms with Crippen molar-refractivity contribution in [1.82, 2.24) is 0 Å². The highest BCUT2D eigenvalue weighted by Gasteiger charge is 2.39. The first-order chi connectivity index (χ1) is 11.5. The lowest BCUT2D eigenvalue weighted by molar-refractivity contribution is -0.121. The average Bonchev–Trinajstić information content (AvgIpc) is 2.83. The molecule has 1 fully saturated rings. The van der Waals surface area contributed by atoms with Gasteiger partial charge in [0.25, 0.3) is 5.91 Å². The van der Waals surface area contributed by atoms with E-state index in [2.05, 4.69) is 5.32 Å². The van der Waals surface area contributed by atoms with Crippen LogP contribution in [-0.2, 0) is 9.59 Å². The quantitative estimate of drug-likeness (QED) is 0.879. The first-order valence-corrected chi connectivity index (χ1v) is 7.93. The van der Waals surface area contributed by atoms with Crippen LogP contribution < -0.4 is 15.1 Å². The number of rotatable bonds is 4. The summed E-state index contributed by atoms with van der Waals surface area (Å²) in [6.07, 6.45) is 0.169. The van der Waals surface area contributed by atoms with E-state index in [1.54, 1.807) is 12.1 Å². The minimum absolute atomic E-state index is 0.169. The maximum Gasteiger partial charge on any atom is 0.256 e. The third-order valence-electron chi connectivity index (χ3n) is 4.16. The number of aryl methyl sites for hydroxylation is 1. The maximum atomic E-state index is 12.6. The highest BCUT2D eigenvalue weighted by molar-refractivity contribution is 6.23. The van der Waals surface area contributed by atoms with Crippen LogP contribution in [0, 0.1) is 6.92 Å². The van der Waals surface area contributed by atoms with Gasteiger partial charge in [-0.25, -0.2) is 4.90 Å². The molecule has 1 unspecified atom stereocenters. The number of nitrogens with one attached hydrogen (secondary N) is 1. The summed E-state index contributed by atoms with van der Waals surface area (Å²) in [6.45, 7) is 1.97. The van der Waals surface area contributed by atoms with Gasteiger partial charge in [0.05, 0.1) is 12.1 Å². The monoisotopic (exact) mass is 323 g/mol. The number of hydrogen-bond acceptors (Lipinski definition) is 4. The highest BCUT2D eigenvalue weighted by atomic mass is 16.2. The van der Waals surface area contributed by atoms with E-state index in [0.717, 1.165) is 16.9 Å². The summed E-state index contributed by atoms with van der Waals surface area (Å²) in [5.41, 5.74) is 3.63. The molecule has 0 saturated carbocycles. The molecule has 3 rings (SSSR count). The number of carbonyl (C=O) groups is 2. The topological polar surface area (TPSA) is 52.7 Å². The summed E-state index contributed by atoms with van der Waals surface area (Å²) in [7, 11) is 3.95. The fourth-order valence-corrected chi connectivity index (χ4v) is 2.77. The van der Waals surface area contributed by atoms with Crippen molar-refractivity contribution in [2.24, 2.45) is 0 Å². The molecule has 5 nitrogen and oxygen atoms in total. The van der Waals surface area contributed by atoms with E-state index in [9.17, 15) is 9.59 Å². The fraction of sp³-hybridized carbons (Fsp3) is 0.263. The van der Waals surface area contributed by atoms with Gasteiger partial charge in [-0.3, -0.25) is 9.59 Å². The van der Waals surface area contributed by atoms with E-state index < -0.39 is 6.04 Å². The van der Waals surface area contributed by atoms with Crippen LogP contribution in [0.15, 0.2) is 48.5 Å². The minimum Gasteiger partial charge on any atom is -0.378 e. The first kappa shape index (κ1) is 16.1. The van der Waals surface area contributed by atoms with Gasteiger partial charge in [0.2, 0.25) is 5.91 Å². The Morgan fingerprint density at radius 1 is 1.00 bits per heavy atom. The van der Waals surface area contributed by atoms with Crippen LogP contribution >= 0.6 is 0 Å². The van der Waals surface area contributed by atoms with Crippen molar-refractivity contribution in [2.45, 2.75) is 19.4 Å². The van der Waals surface area contributed by atoms with Gasteiger partial charge in [0.1, 0.15) is 6.04 Å². The van der Waals surface area contributed by atoms with Gasteiger partial charge in [-0.05, 0) is 43.3 Å². The Labute approximate surface area is 141 Å². The first-order valence-electron chi connectivity index (χ1n) is 7.93. The van der Waals surface area contributed by atoms with Gasteiger partial charge in [0, 0.05) is 25.5 Å². The molecule has 1 heterocycles. The van der Waals surface area contributed by atoms with Gasteiger partial charge in [-0.15, -0.1) is 0 Å². The van der Waals surface area contributed by atoms with Crippen LogP contribution in [0.3, 0.4) is 0 Å². The van der Waals surface area contributed by atoms with Gasteiger partial charge in [-0.2, -0.15) is 0 Å². The molecule has 2 aromatic rings. The van der Waals surface area contributed by atoms with E-state index in [1.165, 1.54) is 4.90 Å². The number of anilines is 3. The van der Waals surface area contributed by atoms with Gasteiger partial charge in [-0.1, -0.05) is 17.7 Å². The maximum absolute atomic E-state index is 12.6. The molecular weight excluding hydrogens is 302 g/mol. The minimum atomic E-state index is -0.524. The van der Waals surface area contributed by atoms with Crippen LogP contribution in [0.1, 0.15) is 12.0 Å². The predicted octanol–water partition coefficient (Wildman–Crippen LogP) is 2.81. The van der Waals surface area contributed by atoms with Crippen molar-refractivity contribution in [1.29, 1.82) is 0 Å². The van der Waals surface area contributed by atoms with Gasteiger partial charge >= 0.3 is 0 Å². The molecule has 1 aliphatic rings. The van der Waals surface area contributed by atoms with Crippen LogP contribution in [0.5, 0.6) is 0 Å². The van der Waals surface area contributed by atoms with Crippen LogP contribution in [0.25, 0.3) is 0 Å². The number of imide groups is 1. The van der Waals surface area contributed by atoms with Crippen molar-refractivity contribution in [3.63, 3.8) is 0 Å². The molecule has 124 valence electrons. The smallest absolute Gasteiger partial charge is 0.256 e. The normalized spacial score (nSPS) is 17.3. The molecule has 2 amide bonds. The van der Waals surface area contributed by atoms with E-state index >= 15 is 0 Å². The molecule has 0 aromatic heterocycles. The zero-order valence-corrected chi connectivity index (χ0v) is 14.1. The number of carbonyl (C=O) groups excluding carboxylic acids is 2. The summed E-state index contributed by atoms with van der Waals surface area (Å²) < 4.78 is 0. The molecule has 0 aliphatic carbocycles. The third-order valence-corrected chi connectivity index (χ3v) is 4.16. The van der Waals surface area contributed by atoms with Crippen molar-refractivity contribution in [2.75, 3.05) is 29.2 Å². The lowest BCUT2D eigenvalue weighted by Crippen LogP contribution is -2.34. The summed E-state index contributed by atoms with van der Waals surface area (Å²) in [5.74, 6) is -0.383. The Kier molecular flexibility index (Phi) is 4.25. The molecule has 1 aliphatic heterocycles. The van der Waals surface area contributed by atoms with E-state index in [1.807, 2.05) is 62.3 Å². The van der Waals surface area contributed by atoms with Crippen molar-refractivity contribution < 1.29 is 9.59 Å². The molecule has 1 atom stereocenters. The zero-order valence-electron chi connectivity index (χ0n) is 14.1. The Morgan fingerprint density at radius 3 is 2.21 bits per heavy atom. The van der Waals surface area contributed by atoms with Crippen molar-refractivity contribution in [3.8, 4) is 0 Å². The molecule has 1 saturated heterocycles. The molecule has 0 bridgehead atoms. The molecule has 5 heteroatoms. The lowest BCUT2D eigenvalue weighted by atomic mass is 10.2. The van der Waals surface area contributed by atoms with Crippen molar-refractivity contribution >= 4 is 28.9 Å². The second-order valence-electron chi connectivity index (χ2n) is 6.25. The summed E-state index contributed by atoms with van der Waals surface area (Å²) in [6, 6.07) is 14.7. The molecular formula is C19H21N3O2. The third kappa shape index (κ3) is 3.11. The van der Waals surface area contributed by atoms with Crippen LogP contribution in [0.4, 0.5) is 17.1 Å². The molecule has 2 aromatic carbocycles.